The molecule has 1 spiro atoms. The Balaban J connectivity index is 1.25. The number of nitrogens with zero attached hydrogens (tertiary/aromatic N) is 1. The van der Waals surface area contributed by atoms with Gasteiger partial charge in [-0.15, -0.1) is 0 Å². The molecule has 2 unspecified atom stereocenters. The highest BCUT2D eigenvalue weighted by Gasteiger charge is 2.66. The minimum atomic E-state index is -0.812. The second-order valence-corrected chi connectivity index (χ2v) is 12.2. The van der Waals surface area contributed by atoms with Crippen LogP contribution in [0.15, 0.2) is 42.5 Å². The van der Waals surface area contributed by atoms with Gasteiger partial charge in [-0.2, -0.15) is 0 Å². The summed E-state index contributed by atoms with van der Waals surface area (Å²) in [7, 11) is 0. The largest absolute Gasteiger partial charge is 0.485 e. The van der Waals surface area contributed by atoms with Gasteiger partial charge in [0.2, 0.25) is 12.3 Å². The van der Waals surface area contributed by atoms with E-state index in [-0.39, 0.29) is 23.5 Å². The third-order valence-corrected chi connectivity index (χ3v) is 10.1. The van der Waals surface area contributed by atoms with E-state index in [1.807, 2.05) is 36.4 Å². The van der Waals surface area contributed by atoms with Gasteiger partial charge < -0.3 is 20.5 Å². The number of piperidine rings is 1. The number of benzene rings is 2. The van der Waals surface area contributed by atoms with Gasteiger partial charge >= 0.3 is 0 Å². The first-order chi connectivity index (χ1) is 18.5. The van der Waals surface area contributed by atoms with Gasteiger partial charge in [0.1, 0.15) is 11.9 Å². The number of hydrogen-bond donors (Lipinski definition) is 3. The van der Waals surface area contributed by atoms with Crippen molar-refractivity contribution in [1.29, 1.82) is 0 Å². The summed E-state index contributed by atoms with van der Waals surface area (Å²) in [5.41, 5.74) is 3.97. The van der Waals surface area contributed by atoms with Gasteiger partial charge in [0.15, 0.2) is 0 Å². The second-order valence-electron chi connectivity index (χ2n) is 12.2. The molecule has 2 bridgehead atoms. The van der Waals surface area contributed by atoms with Crippen molar-refractivity contribution >= 4 is 18.0 Å². The van der Waals surface area contributed by atoms with Crippen LogP contribution in [-0.2, 0) is 21.4 Å². The molecular formula is C31H37N3O4. The maximum absolute atomic E-state index is 13.7. The van der Waals surface area contributed by atoms with Crippen LogP contribution in [0.5, 0.6) is 5.75 Å². The molecule has 38 heavy (non-hydrogen) atoms. The first-order valence-corrected chi connectivity index (χ1v) is 14.3. The van der Waals surface area contributed by atoms with Crippen LogP contribution in [0.3, 0.4) is 0 Å². The van der Waals surface area contributed by atoms with Crippen molar-refractivity contribution in [2.75, 3.05) is 18.4 Å². The molecule has 200 valence electrons. The van der Waals surface area contributed by atoms with E-state index in [0.29, 0.717) is 12.0 Å². The third kappa shape index (κ3) is 3.62. The minimum absolute atomic E-state index is 0.157. The number of aliphatic hydroxyl groups is 1. The van der Waals surface area contributed by atoms with Crippen molar-refractivity contribution in [3.8, 4) is 5.75 Å². The smallest absolute Gasteiger partial charge is 0.230 e. The van der Waals surface area contributed by atoms with Gasteiger partial charge in [-0.05, 0) is 81.0 Å². The van der Waals surface area contributed by atoms with Crippen LogP contribution >= 0.6 is 0 Å². The SMILES string of the molecule is CC(O)C(C(=O)N[C@@H]1CC[C@H]2[C@H]3Cc4ccc(NC=O)c5c4[C@@]2(CCN3CC2CC2)[C@H]1O5)c1ccccc1. The first-order valence-electron chi connectivity index (χ1n) is 14.3. The molecule has 3 N–H and O–H groups in total. The zero-order valence-electron chi connectivity index (χ0n) is 21.9. The van der Waals surface area contributed by atoms with E-state index < -0.39 is 12.0 Å². The molecule has 2 aliphatic heterocycles. The van der Waals surface area contributed by atoms with Crippen molar-refractivity contribution < 1.29 is 19.4 Å². The molecule has 1 saturated heterocycles. The number of nitrogens with one attached hydrogen (secondary N) is 2. The highest BCUT2D eigenvalue weighted by Crippen LogP contribution is 2.63. The number of amides is 2. The summed E-state index contributed by atoms with van der Waals surface area (Å²) in [6.07, 6.45) is 6.32. The number of hydrogen-bond acceptors (Lipinski definition) is 5. The summed E-state index contributed by atoms with van der Waals surface area (Å²) in [6, 6.07) is 14.0. The molecule has 3 fully saturated rings. The Morgan fingerprint density at radius 3 is 2.74 bits per heavy atom. The molecule has 2 amide bonds. The summed E-state index contributed by atoms with van der Waals surface area (Å²) in [4.78, 5) is 27.9. The quantitative estimate of drug-likeness (QED) is 0.469. The zero-order chi connectivity index (χ0) is 26.0. The van der Waals surface area contributed by atoms with Gasteiger partial charge in [-0.1, -0.05) is 36.4 Å². The van der Waals surface area contributed by atoms with E-state index in [1.165, 1.54) is 30.5 Å². The summed E-state index contributed by atoms with van der Waals surface area (Å²) >= 11 is 0. The lowest BCUT2D eigenvalue weighted by atomic mass is 9.51. The maximum atomic E-state index is 13.7. The Morgan fingerprint density at radius 2 is 2.00 bits per heavy atom. The van der Waals surface area contributed by atoms with Crippen molar-refractivity contribution in [3.05, 3.63) is 59.2 Å². The van der Waals surface area contributed by atoms with Gasteiger partial charge in [-0.25, -0.2) is 0 Å². The van der Waals surface area contributed by atoms with E-state index in [0.717, 1.165) is 61.6 Å². The van der Waals surface area contributed by atoms with Gasteiger partial charge in [0.05, 0.1) is 23.8 Å². The molecule has 3 aliphatic carbocycles. The van der Waals surface area contributed by atoms with E-state index in [4.69, 9.17) is 4.74 Å². The van der Waals surface area contributed by atoms with E-state index in [2.05, 4.69) is 21.6 Å². The fraction of sp³-hybridized carbons (Fsp3) is 0.548. The fourth-order valence-corrected chi connectivity index (χ4v) is 8.41. The topological polar surface area (TPSA) is 90.9 Å². The Hall–Kier alpha value is -2.90. The lowest BCUT2D eigenvalue weighted by Gasteiger charge is -2.59. The van der Waals surface area contributed by atoms with Crippen LogP contribution in [0.25, 0.3) is 0 Å². The number of ether oxygens (including phenoxy) is 1. The average Bonchev–Trinajstić information content (AvgIpc) is 3.65. The highest BCUT2D eigenvalue weighted by molar-refractivity contribution is 5.85. The number of rotatable bonds is 8. The normalized spacial score (nSPS) is 32.5. The Bertz CT molecular complexity index is 1250. The van der Waals surface area contributed by atoms with Crippen LogP contribution in [0.2, 0.25) is 0 Å². The van der Waals surface area contributed by atoms with Crippen molar-refractivity contribution in [3.63, 3.8) is 0 Å². The predicted octanol–water partition coefficient (Wildman–Crippen LogP) is 3.35. The fourth-order valence-electron chi connectivity index (χ4n) is 8.41. The van der Waals surface area contributed by atoms with Crippen LogP contribution in [0, 0.1) is 11.8 Å². The van der Waals surface area contributed by atoms with E-state index >= 15 is 0 Å². The number of aliphatic hydroxyl groups excluding tert-OH is 1. The molecule has 7 nitrogen and oxygen atoms in total. The summed E-state index contributed by atoms with van der Waals surface area (Å²) < 4.78 is 6.83. The molecule has 5 aliphatic rings. The number of carbonyl (C=O) groups is 2. The van der Waals surface area contributed by atoms with Crippen molar-refractivity contribution in [1.82, 2.24) is 10.2 Å². The van der Waals surface area contributed by atoms with Crippen molar-refractivity contribution in [2.24, 2.45) is 11.8 Å². The Morgan fingerprint density at radius 1 is 1.18 bits per heavy atom. The molecule has 2 aromatic rings. The van der Waals surface area contributed by atoms with Crippen LogP contribution in [0.4, 0.5) is 5.69 Å². The zero-order valence-corrected chi connectivity index (χ0v) is 21.9. The molecule has 2 heterocycles. The maximum Gasteiger partial charge on any atom is 0.230 e. The molecule has 0 aromatic heterocycles. The Kier molecular flexibility index (Phi) is 5.78. The first kappa shape index (κ1) is 24.2. The predicted molar refractivity (Wildman–Crippen MR) is 144 cm³/mol. The highest BCUT2D eigenvalue weighted by atomic mass is 16.5. The van der Waals surface area contributed by atoms with Crippen LogP contribution in [0.1, 0.15) is 61.6 Å². The van der Waals surface area contributed by atoms with Gasteiger partial charge in [0.25, 0.3) is 0 Å². The molecule has 2 aromatic carbocycles. The van der Waals surface area contributed by atoms with E-state index in [9.17, 15) is 14.7 Å². The lowest BCUT2D eigenvalue weighted by Crippen LogP contribution is -2.69. The lowest BCUT2D eigenvalue weighted by molar-refractivity contribution is -0.128. The second kappa shape index (κ2) is 9.09. The van der Waals surface area contributed by atoms with E-state index in [1.54, 1.807) is 6.92 Å². The third-order valence-electron chi connectivity index (χ3n) is 10.1. The van der Waals surface area contributed by atoms with Crippen LogP contribution < -0.4 is 15.4 Å². The molecule has 7 heteroatoms. The minimum Gasteiger partial charge on any atom is -0.485 e. The molecule has 7 atom stereocenters. The van der Waals surface area contributed by atoms with Crippen LogP contribution in [-0.4, -0.2) is 59.7 Å². The van der Waals surface area contributed by atoms with Gasteiger partial charge in [-0.3, -0.25) is 14.5 Å². The molecular weight excluding hydrogens is 478 g/mol. The monoisotopic (exact) mass is 515 g/mol. The molecule has 2 saturated carbocycles. The Labute approximate surface area is 223 Å². The molecule has 0 radical (unpaired) electrons. The standard InChI is InChI=1S/C31H37N3O4/c1-18(36)26(20-5-3-2-4-6-20)30(37)33-24-12-10-22-25-15-21-9-11-23(32-17-35)28-27(21)31(22,29(24)38-28)13-14-34(25)16-19-7-8-19/h2-6,9,11,17-19,22,24-26,29,36H,7-8,10,12-16H2,1H3,(H,32,35)(H,33,37)/t18?,22-,24+,25+,26?,29-,31-/m0/s1. The number of anilines is 1. The summed E-state index contributed by atoms with van der Waals surface area (Å²) in [5, 5.41) is 16.8. The number of likely N-dealkylation sites (tertiary alicyclic amines) is 1. The van der Waals surface area contributed by atoms with Gasteiger partial charge in [0, 0.05) is 23.6 Å². The summed E-state index contributed by atoms with van der Waals surface area (Å²) in [5.74, 6) is 1.32. The molecule has 7 rings (SSSR count). The average molecular weight is 516 g/mol. The number of carbonyl (C=O) groups excluding carboxylic acids is 2. The summed E-state index contributed by atoms with van der Waals surface area (Å²) in [6.45, 7) is 3.92. The van der Waals surface area contributed by atoms with Crippen molar-refractivity contribution in [2.45, 2.75) is 81.1 Å².